The Balaban J connectivity index is 0.000000209. The minimum absolute atomic E-state index is 0.127. The number of benzene rings is 2. The molecule has 0 aliphatic heterocycles. The Morgan fingerprint density at radius 3 is 1.85 bits per heavy atom. The van der Waals surface area contributed by atoms with Crippen LogP contribution in [0, 0.1) is 10.1 Å². The van der Waals surface area contributed by atoms with Crippen LogP contribution in [0.5, 0.6) is 0 Å². The van der Waals surface area contributed by atoms with Crippen LogP contribution in [0.4, 0.5) is 5.69 Å². The fourth-order valence-corrected chi connectivity index (χ4v) is 2.55. The minimum atomic E-state index is -4.25. The summed E-state index contributed by atoms with van der Waals surface area (Å²) in [4.78, 5) is 9.90. The van der Waals surface area contributed by atoms with Gasteiger partial charge in [-0.1, -0.05) is 24.3 Å². The standard InChI is InChI=1S/C12H11N2O2.C6H6O3S/c15-14(16)12-6-4-11(5-7-12)10-13-8-2-1-3-9-13;7-10(8,9)6-4-2-1-3-5-6/h1-9H,10H2;1-5H,(H,7,8,9)/q+1;/p-1. The van der Waals surface area contributed by atoms with Crippen LogP contribution in [-0.2, 0) is 16.7 Å². The van der Waals surface area contributed by atoms with Crippen molar-refractivity contribution in [1.82, 2.24) is 0 Å². The zero-order valence-electron chi connectivity index (χ0n) is 13.6. The van der Waals surface area contributed by atoms with Gasteiger partial charge < -0.3 is 4.55 Å². The molecule has 0 bridgehead atoms. The van der Waals surface area contributed by atoms with Crippen molar-refractivity contribution in [3.8, 4) is 0 Å². The number of nitro benzene ring substituents is 1. The predicted octanol–water partition coefficient (Wildman–Crippen LogP) is 2.52. The summed E-state index contributed by atoms with van der Waals surface area (Å²) in [6.45, 7) is 0.721. The van der Waals surface area contributed by atoms with E-state index in [0.29, 0.717) is 0 Å². The number of rotatable bonds is 4. The number of nitrogens with zero attached hydrogens (tertiary/aromatic N) is 2. The van der Waals surface area contributed by atoms with Gasteiger partial charge in [-0.2, -0.15) is 0 Å². The molecule has 0 aliphatic carbocycles. The van der Waals surface area contributed by atoms with Crippen LogP contribution >= 0.6 is 0 Å². The molecule has 0 spiro atoms. The van der Waals surface area contributed by atoms with Crippen LogP contribution in [0.1, 0.15) is 5.56 Å². The first-order valence-electron chi connectivity index (χ1n) is 7.54. The van der Waals surface area contributed by atoms with E-state index in [-0.39, 0.29) is 15.5 Å². The van der Waals surface area contributed by atoms with Crippen molar-refractivity contribution in [1.29, 1.82) is 0 Å². The maximum absolute atomic E-state index is 10.5. The normalized spacial score (nSPS) is 10.5. The molecule has 1 heterocycles. The first kappa shape index (κ1) is 19.2. The summed E-state index contributed by atoms with van der Waals surface area (Å²) in [6.07, 6.45) is 3.92. The number of hydrogen-bond acceptors (Lipinski definition) is 5. The Labute approximate surface area is 151 Å². The maximum atomic E-state index is 10.5. The number of hydrogen-bond donors (Lipinski definition) is 0. The summed E-state index contributed by atoms with van der Waals surface area (Å²) >= 11 is 0. The third-order valence-corrected chi connectivity index (χ3v) is 4.17. The molecule has 1 aromatic heterocycles. The van der Waals surface area contributed by atoms with E-state index in [4.69, 9.17) is 0 Å². The lowest BCUT2D eigenvalue weighted by atomic mass is 10.2. The molecule has 0 atom stereocenters. The fourth-order valence-electron chi connectivity index (χ4n) is 2.06. The van der Waals surface area contributed by atoms with Crippen LogP contribution in [0.2, 0.25) is 0 Å². The Morgan fingerprint density at radius 2 is 1.38 bits per heavy atom. The molecule has 0 unspecified atom stereocenters. The average molecular weight is 372 g/mol. The van der Waals surface area contributed by atoms with E-state index < -0.39 is 10.1 Å². The molecule has 0 radical (unpaired) electrons. The lowest BCUT2D eigenvalue weighted by Gasteiger charge is -2.04. The van der Waals surface area contributed by atoms with Crippen molar-refractivity contribution in [2.45, 2.75) is 11.4 Å². The van der Waals surface area contributed by atoms with Crippen LogP contribution in [0.3, 0.4) is 0 Å². The minimum Gasteiger partial charge on any atom is -0.744 e. The highest BCUT2D eigenvalue weighted by molar-refractivity contribution is 7.85. The molecule has 8 heteroatoms. The Bertz CT molecular complexity index is 944. The number of pyridine rings is 1. The Kier molecular flexibility index (Phi) is 6.54. The molecule has 3 rings (SSSR count). The smallest absolute Gasteiger partial charge is 0.269 e. The van der Waals surface area contributed by atoms with E-state index in [1.165, 1.54) is 36.4 Å². The summed E-state index contributed by atoms with van der Waals surface area (Å²) in [5.74, 6) is 0. The summed E-state index contributed by atoms with van der Waals surface area (Å²) in [6, 6.07) is 19.6. The molecule has 0 amide bonds. The van der Waals surface area contributed by atoms with Crippen molar-refractivity contribution in [2.24, 2.45) is 0 Å². The highest BCUT2D eigenvalue weighted by Crippen LogP contribution is 2.11. The first-order valence-corrected chi connectivity index (χ1v) is 8.95. The summed E-state index contributed by atoms with van der Waals surface area (Å²) in [5, 5.41) is 10.5. The lowest BCUT2D eigenvalue weighted by molar-refractivity contribution is -0.688. The largest absolute Gasteiger partial charge is 0.744 e. The van der Waals surface area contributed by atoms with Gasteiger partial charge in [0.15, 0.2) is 18.9 Å². The van der Waals surface area contributed by atoms with E-state index in [1.807, 2.05) is 35.2 Å². The number of nitro groups is 1. The quantitative estimate of drug-likeness (QED) is 0.303. The third kappa shape index (κ3) is 6.08. The van der Waals surface area contributed by atoms with Gasteiger partial charge in [-0.3, -0.25) is 10.1 Å². The van der Waals surface area contributed by atoms with Gasteiger partial charge in [0.25, 0.3) is 5.69 Å². The van der Waals surface area contributed by atoms with Gasteiger partial charge in [0.05, 0.1) is 9.82 Å². The van der Waals surface area contributed by atoms with E-state index >= 15 is 0 Å². The molecule has 0 saturated carbocycles. The van der Waals surface area contributed by atoms with Crippen molar-refractivity contribution >= 4 is 15.8 Å². The molecule has 134 valence electrons. The van der Waals surface area contributed by atoms with Crippen LogP contribution in [-0.4, -0.2) is 17.9 Å². The lowest BCUT2D eigenvalue weighted by Crippen LogP contribution is -2.32. The van der Waals surface area contributed by atoms with E-state index in [0.717, 1.165) is 12.1 Å². The molecule has 7 nitrogen and oxygen atoms in total. The molecule has 2 aromatic carbocycles. The molecule has 3 aromatic rings. The Morgan fingerprint density at radius 1 is 0.846 bits per heavy atom. The van der Waals surface area contributed by atoms with Gasteiger partial charge in [0.2, 0.25) is 0 Å². The molecule has 0 aliphatic rings. The maximum Gasteiger partial charge on any atom is 0.269 e. The summed E-state index contributed by atoms with van der Waals surface area (Å²) in [5.41, 5.74) is 1.17. The van der Waals surface area contributed by atoms with E-state index in [1.54, 1.807) is 18.2 Å². The second kappa shape index (κ2) is 8.84. The molecule has 0 saturated heterocycles. The van der Waals surface area contributed by atoms with Crippen molar-refractivity contribution in [2.75, 3.05) is 0 Å². The summed E-state index contributed by atoms with van der Waals surface area (Å²) in [7, 11) is -4.25. The number of non-ortho nitro benzene ring substituents is 1. The van der Waals surface area contributed by atoms with Crippen molar-refractivity contribution in [3.05, 3.63) is 101 Å². The van der Waals surface area contributed by atoms with Crippen LogP contribution in [0.25, 0.3) is 0 Å². The van der Waals surface area contributed by atoms with Gasteiger partial charge in [0.1, 0.15) is 10.1 Å². The average Bonchev–Trinajstić information content (AvgIpc) is 2.64. The van der Waals surface area contributed by atoms with Crippen LogP contribution < -0.4 is 4.57 Å². The second-order valence-corrected chi connectivity index (χ2v) is 6.62. The molecular weight excluding hydrogens is 356 g/mol. The fraction of sp³-hybridized carbons (Fsp3) is 0.0556. The van der Waals surface area contributed by atoms with Crippen LogP contribution in [0.15, 0.2) is 90.1 Å². The zero-order valence-corrected chi connectivity index (χ0v) is 14.5. The van der Waals surface area contributed by atoms with Gasteiger partial charge >= 0.3 is 0 Å². The highest BCUT2D eigenvalue weighted by Gasteiger charge is 2.06. The second-order valence-electron chi connectivity index (χ2n) is 5.24. The molecule has 0 N–H and O–H groups in total. The topological polar surface area (TPSA) is 104 Å². The molecular formula is C18H16N2O5S. The van der Waals surface area contributed by atoms with E-state index in [2.05, 4.69) is 0 Å². The van der Waals surface area contributed by atoms with Gasteiger partial charge in [-0.25, -0.2) is 13.0 Å². The van der Waals surface area contributed by atoms with E-state index in [9.17, 15) is 23.1 Å². The third-order valence-electron chi connectivity index (χ3n) is 3.32. The highest BCUT2D eigenvalue weighted by atomic mass is 32.2. The summed E-state index contributed by atoms with van der Waals surface area (Å²) < 4.78 is 32.8. The van der Waals surface area contributed by atoms with Gasteiger partial charge in [-0.15, -0.1) is 0 Å². The SMILES string of the molecule is O=S(=O)([O-])c1ccccc1.O=[N+]([O-])c1ccc(C[n+]2ccccc2)cc1. The molecule has 0 fully saturated rings. The zero-order chi connectivity index (χ0) is 19.0. The van der Waals surface area contributed by atoms with Crippen molar-refractivity contribution < 1.29 is 22.5 Å². The van der Waals surface area contributed by atoms with Gasteiger partial charge in [0, 0.05) is 29.8 Å². The monoisotopic (exact) mass is 372 g/mol. The van der Waals surface area contributed by atoms with Gasteiger partial charge in [-0.05, 0) is 24.3 Å². The Hall–Kier alpha value is -3.10. The molecule has 26 heavy (non-hydrogen) atoms. The number of aromatic nitrogens is 1. The predicted molar refractivity (Wildman–Crippen MR) is 93.2 cm³/mol. The van der Waals surface area contributed by atoms with Crippen molar-refractivity contribution in [3.63, 3.8) is 0 Å². The first-order chi connectivity index (χ1) is 12.4.